The van der Waals surface area contributed by atoms with Gasteiger partial charge in [-0.05, 0) is 24.6 Å². The Morgan fingerprint density at radius 2 is 2.00 bits per heavy atom. The fraction of sp³-hybridized carbons (Fsp3) is 0.300. The number of nitrogens with zero attached hydrogens (tertiary/aromatic N) is 1. The van der Waals surface area contributed by atoms with Crippen LogP contribution >= 0.6 is 15.9 Å². The summed E-state index contributed by atoms with van der Waals surface area (Å²) in [7, 11) is -1.43. The highest BCUT2D eigenvalue weighted by molar-refractivity contribution is 9.10. The zero-order valence-corrected chi connectivity index (χ0v) is 12.4. The van der Waals surface area contributed by atoms with Gasteiger partial charge in [0.05, 0.1) is 17.6 Å². The Morgan fingerprint density at radius 3 is 2.44 bits per heavy atom. The molecule has 100 valence electrons. The predicted octanol–water partition coefficient (Wildman–Crippen LogP) is 1.64. The van der Waals surface area contributed by atoms with Crippen molar-refractivity contribution in [3.63, 3.8) is 0 Å². The lowest BCUT2D eigenvalue weighted by Gasteiger charge is -2.15. The quantitative estimate of drug-likeness (QED) is 0.844. The highest BCUT2D eigenvalue weighted by atomic mass is 79.9. The average Bonchev–Trinajstić information content (AvgIpc) is 2.30. The molecule has 0 heterocycles. The van der Waals surface area contributed by atoms with Gasteiger partial charge in [-0.25, -0.2) is 13.2 Å². The zero-order chi connectivity index (χ0) is 14.1. The number of aromatic carboxylic acids is 1. The molecular formula is C10H12BrNO5S. The first kappa shape index (κ1) is 15.1. The van der Waals surface area contributed by atoms with Crippen molar-refractivity contribution in [1.82, 2.24) is 4.47 Å². The Hall–Kier alpha value is -0.960. The minimum atomic E-state index is -3.87. The first-order valence-corrected chi connectivity index (χ1v) is 7.01. The molecule has 0 spiro atoms. The van der Waals surface area contributed by atoms with Crippen LogP contribution in [0.1, 0.15) is 15.9 Å². The number of halogens is 1. The van der Waals surface area contributed by atoms with Gasteiger partial charge in [0.15, 0.2) is 0 Å². The predicted molar refractivity (Wildman–Crippen MR) is 67.8 cm³/mol. The van der Waals surface area contributed by atoms with Gasteiger partial charge in [0.25, 0.3) is 10.0 Å². The number of carboxylic acids is 1. The normalized spacial score (nSPS) is 11.8. The van der Waals surface area contributed by atoms with Crippen LogP contribution in [0.2, 0.25) is 0 Å². The summed E-state index contributed by atoms with van der Waals surface area (Å²) in [4.78, 5) is 15.5. The second-order valence-corrected chi connectivity index (χ2v) is 6.27. The maximum Gasteiger partial charge on any atom is 0.336 e. The lowest BCUT2D eigenvalue weighted by Crippen LogP contribution is -2.26. The molecule has 8 heteroatoms. The van der Waals surface area contributed by atoms with Crippen LogP contribution in [-0.2, 0) is 14.9 Å². The average molecular weight is 338 g/mol. The molecular weight excluding hydrogens is 326 g/mol. The summed E-state index contributed by atoms with van der Waals surface area (Å²) in [6.07, 6.45) is 0. The van der Waals surface area contributed by atoms with Crippen LogP contribution in [0.25, 0.3) is 0 Å². The summed E-state index contributed by atoms with van der Waals surface area (Å²) in [5.41, 5.74) is 0.383. The van der Waals surface area contributed by atoms with Gasteiger partial charge in [0, 0.05) is 11.5 Å². The van der Waals surface area contributed by atoms with Crippen molar-refractivity contribution < 1.29 is 23.2 Å². The molecule has 0 saturated carbocycles. The van der Waals surface area contributed by atoms with Crippen LogP contribution in [0.4, 0.5) is 0 Å². The van der Waals surface area contributed by atoms with E-state index in [9.17, 15) is 13.2 Å². The summed E-state index contributed by atoms with van der Waals surface area (Å²) in [6.45, 7) is 1.59. The highest BCUT2D eigenvalue weighted by Gasteiger charge is 2.24. The summed E-state index contributed by atoms with van der Waals surface area (Å²) in [5, 5.41) is 9.02. The lowest BCUT2D eigenvalue weighted by atomic mass is 10.1. The van der Waals surface area contributed by atoms with Gasteiger partial charge >= 0.3 is 5.97 Å². The second kappa shape index (κ2) is 5.35. The van der Waals surface area contributed by atoms with Gasteiger partial charge in [0.2, 0.25) is 0 Å². The van der Waals surface area contributed by atoms with E-state index in [1.807, 2.05) is 0 Å². The molecule has 0 bridgehead atoms. The molecule has 1 aromatic carbocycles. The van der Waals surface area contributed by atoms with E-state index in [-0.39, 0.29) is 10.5 Å². The summed E-state index contributed by atoms with van der Waals surface area (Å²) >= 11 is 3.14. The third-order valence-electron chi connectivity index (χ3n) is 2.44. The van der Waals surface area contributed by atoms with Gasteiger partial charge in [-0.3, -0.25) is 4.84 Å². The molecule has 0 fully saturated rings. The van der Waals surface area contributed by atoms with Crippen molar-refractivity contribution in [2.75, 3.05) is 14.2 Å². The Balaban J connectivity index is 3.50. The maximum absolute atomic E-state index is 12.0. The molecule has 1 aromatic rings. The molecule has 0 aliphatic rings. The van der Waals surface area contributed by atoms with E-state index < -0.39 is 16.0 Å². The number of rotatable bonds is 4. The van der Waals surface area contributed by atoms with Crippen molar-refractivity contribution in [2.24, 2.45) is 0 Å². The number of hydrogen-bond donors (Lipinski definition) is 1. The van der Waals surface area contributed by atoms with Crippen molar-refractivity contribution >= 4 is 31.9 Å². The van der Waals surface area contributed by atoms with Crippen LogP contribution in [0, 0.1) is 6.92 Å². The molecule has 6 nitrogen and oxygen atoms in total. The smallest absolute Gasteiger partial charge is 0.336 e. The summed E-state index contributed by atoms with van der Waals surface area (Å²) in [6, 6.07) is 2.44. The van der Waals surface area contributed by atoms with E-state index in [1.54, 1.807) is 6.92 Å². The largest absolute Gasteiger partial charge is 0.478 e. The van der Waals surface area contributed by atoms with Crippen LogP contribution in [0.15, 0.2) is 21.5 Å². The third kappa shape index (κ3) is 2.72. The van der Waals surface area contributed by atoms with Crippen molar-refractivity contribution in [3.05, 3.63) is 27.7 Å². The number of carboxylic acid groups (broad SMARTS) is 1. The van der Waals surface area contributed by atoms with Gasteiger partial charge in [-0.2, -0.15) is 0 Å². The molecule has 1 N–H and O–H groups in total. The van der Waals surface area contributed by atoms with Crippen LogP contribution in [-0.4, -0.2) is 38.1 Å². The maximum atomic E-state index is 12.0. The molecule has 0 saturated heterocycles. The zero-order valence-electron chi connectivity index (χ0n) is 9.97. The summed E-state index contributed by atoms with van der Waals surface area (Å²) < 4.78 is 25.0. The van der Waals surface area contributed by atoms with Crippen LogP contribution < -0.4 is 0 Å². The van der Waals surface area contributed by atoms with E-state index >= 15 is 0 Å². The van der Waals surface area contributed by atoms with Crippen LogP contribution in [0.5, 0.6) is 0 Å². The van der Waals surface area contributed by atoms with Crippen LogP contribution in [0.3, 0.4) is 0 Å². The monoisotopic (exact) mass is 337 g/mol. The fourth-order valence-electron chi connectivity index (χ4n) is 1.27. The van der Waals surface area contributed by atoms with E-state index in [2.05, 4.69) is 20.8 Å². The van der Waals surface area contributed by atoms with Crippen molar-refractivity contribution in [1.29, 1.82) is 0 Å². The molecule has 0 radical (unpaired) electrons. The van der Waals surface area contributed by atoms with Gasteiger partial charge in [0.1, 0.15) is 0 Å². The number of benzene rings is 1. The molecule has 0 atom stereocenters. The van der Waals surface area contributed by atoms with Gasteiger partial charge in [-0.1, -0.05) is 20.4 Å². The Kier molecular flexibility index (Phi) is 4.49. The minimum Gasteiger partial charge on any atom is -0.478 e. The summed E-state index contributed by atoms with van der Waals surface area (Å²) in [5.74, 6) is -1.19. The van der Waals surface area contributed by atoms with Crippen molar-refractivity contribution in [2.45, 2.75) is 11.8 Å². The Bertz CT molecular complexity index is 584. The molecule has 0 aliphatic carbocycles. The van der Waals surface area contributed by atoms with E-state index in [0.717, 1.165) is 6.07 Å². The minimum absolute atomic E-state index is 0.0764. The highest BCUT2D eigenvalue weighted by Crippen LogP contribution is 2.26. The van der Waals surface area contributed by atoms with E-state index in [0.29, 0.717) is 14.5 Å². The Morgan fingerprint density at radius 1 is 1.44 bits per heavy atom. The van der Waals surface area contributed by atoms with Crippen molar-refractivity contribution in [3.8, 4) is 0 Å². The SMILES string of the molecule is CON(C)S(=O)(=O)c1cc(Br)c(C)c(C(=O)O)c1. The number of hydrogen-bond acceptors (Lipinski definition) is 4. The van der Waals surface area contributed by atoms with E-state index in [4.69, 9.17) is 5.11 Å². The first-order valence-electron chi connectivity index (χ1n) is 4.78. The topological polar surface area (TPSA) is 83.9 Å². The first-order chi connectivity index (χ1) is 8.21. The molecule has 18 heavy (non-hydrogen) atoms. The Labute approximate surface area is 113 Å². The van der Waals surface area contributed by atoms with Gasteiger partial charge < -0.3 is 5.11 Å². The molecule has 0 amide bonds. The third-order valence-corrected chi connectivity index (χ3v) is 4.92. The molecule has 0 aromatic heterocycles. The standard InChI is InChI=1S/C10H12BrNO5S/c1-6-8(10(13)14)4-7(5-9(6)11)18(15,16)12(2)17-3/h4-5H,1-3H3,(H,13,14). The number of hydroxylamine groups is 1. The lowest BCUT2D eigenvalue weighted by molar-refractivity contribution is -0.0258. The number of sulfonamides is 1. The fourth-order valence-corrected chi connectivity index (χ4v) is 2.91. The molecule has 0 aliphatic heterocycles. The second-order valence-electron chi connectivity index (χ2n) is 3.48. The molecule has 1 rings (SSSR count). The number of carbonyl (C=O) groups is 1. The van der Waals surface area contributed by atoms with E-state index in [1.165, 1.54) is 20.2 Å². The molecule has 0 unspecified atom stereocenters. The van der Waals surface area contributed by atoms with Gasteiger partial charge in [-0.15, -0.1) is 0 Å².